The van der Waals surface area contributed by atoms with Gasteiger partial charge in [0.15, 0.2) is 0 Å². The van der Waals surface area contributed by atoms with Crippen LogP contribution in [0.1, 0.15) is 10.4 Å². The molecule has 3 heterocycles. The Labute approximate surface area is 172 Å². The number of thioether (sulfide) groups is 1. The van der Waals surface area contributed by atoms with Crippen molar-refractivity contribution in [2.45, 2.75) is 6.04 Å². The van der Waals surface area contributed by atoms with Gasteiger partial charge in [-0.25, -0.2) is 0 Å². The number of carbonyl (C=O) groups excluding carboxylic acids is 2. The van der Waals surface area contributed by atoms with E-state index in [0.717, 1.165) is 29.7 Å². The van der Waals surface area contributed by atoms with E-state index in [9.17, 15) is 9.59 Å². The maximum absolute atomic E-state index is 12.8. The number of fused-ring (bicyclic) bond motifs is 1. The minimum absolute atomic E-state index is 0.134. The molecule has 0 aliphatic carbocycles. The predicted octanol–water partition coefficient (Wildman–Crippen LogP) is 1.23. The van der Waals surface area contributed by atoms with E-state index in [1.807, 2.05) is 18.2 Å². The fourth-order valence-electron chi connectivity index (χ4n) is 3.50. The molecule has 1 unspecified atom stereocenters. The summed E-state index contributed by atoms with van der Waals surface area (Å²) in [6.07, 6.45) is 1.59. The van der Waals surface area contributed by atoms with Gasteiger partial charge in [-0.2, -0.15) is 5.26 Å². The molecule has 0 spiro atoms. The standard InChI is InChI=1S/C20H21N5O3S/c21-10-15-12-29-13-25(15)19(26)11-23-20(27)16-3-4-22-18-2-1-14(9-17(16)18)24-5-7-28-8-6-24/h1-4,9,15H,5-8,11-13H2,(H,23,27). The fraction of sp³-hybridized carbons (Fsp3) is 0.400. The summed E-state index contributed by atoms with van der Waals surface area (Å²) in [7, 11) is 0. The lowest BCUT2D eigenvalue weighted by atomic mass is 10.1. The average molecular weight is 411 g/mol. The van der Waals surface area contributed by atoms with Gasteiger partial charge >= 0.3 is 0 Å². The van der Waals surface area contributed by atoms with Gasteiger partial charge in [-0.3, -0.25) is 14.6 Å². The second kappa shape index (κ2) is 8.68. The molecule has 29 heavy (non-hydrogen) atoms. The van der Waals surface area contributed by atoms with Crippen LogP contribution in [0.5, 0.6) is 0 Å². The number of amides is 2. The molecule has 1 N–H and O–H groups in total. The van der Waals surface area contributed by atoms with E-state index in [1.54, 1.807) is 12.3 Å². The Morgan fingerprint density at radius 2 is 2.14 bits per heavy atom. The SMILES string of the molecule is N#CC1CSCN1C(=O)CNC(=O)c1ccnc2ccc(N3CCOCC3)cc12. The lowest BCUT2D eigenvalue weighted by Crippen LogP contribution is -2.42. The van der Waals surface area contributed by atoms with Crippen LogP contribution in [0.15, 0.2) is 30.5 Å². The number of benzene rings is 1. The Morgan fingerprint density at radius 1 is 1.31 bits per heavy atom. The zero-order valence-electron chi connectivity index (χ0n) is 15.8. The number of ether oxygens (including phenoxy) is 1. The van der Waals surface area contributed by atoms with Crippen molar-refractivity contribution in [1.29, 1.82) is 5.26 Å². The van der Waals surface area contributed by atoms with Crippen molar-refractivity contribution in [2.24, 2.45) is 0 Å². The van der Waals surface area contributed by atoms with Crippen LogP contribution < -0.4 is 10.2 Å². The number of carbonyl (C=O) groups is 2. The molecular weight excluding hydrogens is 390 g/mol. The first-order valence-corrected chi connectivity index (χ1v) is 10.6. The van der Waals surface area contributed by atoms with Crippen molar-refractivity contribution in [3.8, 4) is 6.07 Å². The predicted molar refractivity (Wildman–Crippen MR) is 111 cm³/mol. The van der Waals surface area contributed by atoms with E-state index in [0.29, 0.717) is 30.4 Å². The van der Waals surface area contributed by atoms with Crippen LogP contribution in [-0.4, -0.2) is 72.2 Å². The third-order valence-electron chi connectivity index (χ3n) is 5.10. The van der Waals surface area contributed by atoms with E-state index in [1.165, 1.54) is 16.7 Å². The lowest BCUT2D eigenvalue weighted by molar-refractivity contribution is -0.129. The van der Waals surface area contributed by atoms with Gasteiger partial charge in [-0.15, -0.1) is 11.8 Å². The molecule has 2 fully saturated rings. The van der Waals surface area contributed by atoms with Crippen LogP contribution in [0.4, 0.5) is 5.69 Å². The fourth-order valence-corrected chi connectivity index (χ4v) is 4.60. The van der Waals surface area contributed by atoms with Gasteiger partial charge < -0.3 is 19.9 Å². The van der Waals surface area contributed by atoms with Crippen molar-refractivity contribution >= 4 is 40.2 Å². The molecule has 1 atom stereocenters. The summed E-state index contributed by atoms with van der Waals surface area (Å²) in [5, 5.41) is 12.6. The van der Waals surface area contributed by atoms with E-state index in [2.05, 4.69) is 21.3 Å². The minimum Gasteiger partial charge on any atom is -0.378 e. The monoisotopic (exact) mass is 411 g/mol. The van der Waals surface area contributed by atoms with Crippen molar-refractivity contribution in [2.75, 3.05) is 49.4 Å². The maximum Gasteiger partial charge on any atom is 0.252 e. The number of morpholine rings is 1. The largest absolute Gasteiger partial charge is 0.378 e. The molecule has 2 aromatic rings. The van der Waals surface area contributed by atoms with Crippen LogP contribution in [0.2, 0.25) is 0 Å². The zero-order valence-corrected chi connectivity index (χ0v) is 16.7. The molecule has 0 saturated carbocycles. The third-order valence-corrected chi connectivity index (χ3v) is 6.11. The number of pyridine rings is 1. The van der Waals surface area contributed by atoms with Crippen molar-refractivity contribution < 1.29 is 14.3 Å². The molecule has 2 amide bonds. The van der Waals surface area contributed by atoms with Gasteiger partial charge in [0, 0.05) is 36.1 Å². The van der Waals surface area contributed by atoms with Gasteiger partial charge in [0.1, 0.15) is 6.04 Å². The highest BCUT2D eigenvalue weighted by Gasteiger charge is 2.29. The van der Waals surface area contributed by atoms with Crippen molar-refractivity contribution in [3.63, 3.8) is 0 Å². The van der Waals surface area contributed by atoms with Gasteiger partial charge in [0.05, 0.1) is 42.8 Å². The molecular formula is C20H21N5O3S. The molecule has 9 heteroatoms. The average Bonchev–Trinajstić information content (AvgIpc) is 3.26. The molecule has 2 aliphatic heterocycles. The molecule has 2 aliphatic rings. The topological polar surface area (TPSA) is 98.6 Å². The normalized spacial score (nSPS) is 19.2. The number of anilines is 1. The van der Waals surface area contributed by atoms with Gasteiger partial charge in [-0.1, -0.05) is 0 Å². The summed E-state index contributed by atoms with van der Waals surface area (Å²) in [5.74, 6) is 0.510. The number of nitrogens with one attached hydrogen (secondary N) is 1. The first-order chi connectivity index (χ1) is 14.2. The van der Waals surface area contributed by atoms with E-state index >= 15 is 0 Å². The molecule has 1 aromatic heterocycles. The third kappa shape index (κ3) is 4.13. The molecule has 0 radical (unpaired) electrons. The van der Waals surface area contributed by atoms with Crippen molar-refractivity contribution in [1.82, 2.24) is 15.2 Å². The second-order valence-electron chi connectivity index (χ2n) is 6.85. The first kappa shape index (κ1) is 19.5. The van der Waals surface area contributed by atoms with Gasteiger partial charge in [0.25, 0.3) is 5.91 Å². The van der Waals surface area contributed by atoms with E-state index < -0.39 is 6.04 Å². The summed E-state index contributed by atoms with van der Waals surface area (Å²) in [6, 6.07) is 9.23. The van der Waals surface area contributed by atoms with Crippen LogP contribution in [-0.2, 0) is 9.53 Å². The highest BCUT2D eigenvalue weighted by Crippen LogP contribution is 2.25. The first-order valence-electron chi connectivity index (χ1n) is 9.44. The van der Waals surface area contributed by atoms with Crippen LogP contribution in [0.25, 0.3) is 10.9 Å². The Morgan fingerprint density at radius 3 is 2.93 bits per heavy atom. The minimum atomic E-state index is -0.428. The number of rotatable bonds is 4. The number of nitrogens with zero attached hydrogens (tertiary/aromatic N) is 4. The van der Waals surface area contributed by atoms with Crippen molar-refractivity contribution in [3.05, 3.63) is 36.0 Å². The molecule has 1 aromatic carbocycles. The zero-order chi connectivity index (χ0) is 20.2. The van der Waals surface area contributed by atoms with Gasteiger partial charge in [-0.05, 0) is 24.3 Å². The summed E-state index contributed by atoms with van der Waals surface area (Å²) < 4.78 is 5.41. The number of hydrogen-bond donors (Lipinski definition) is 1. The highest BCUT2D eigenvalue weighted by molar-refractivity contribution is 7.99. The smallest absolute Gasteiger partial charge is 0.252 e. The summed E-state index contributed by atoms with van der Waals surface area (Å²) in [4.78, 5) is 33.3. The number of hydrogen-bond acceptors (Lipinski definition) is 7. The number of aromatic nitrogens is 1. The van der Waals surface area contributed by atoms with Crippen LogP contribution in [0, 0.1) is 11.3 Å². The lowest BCUT2D eigenvalue weighted by Gasteiger charge is -2.29. The molecule has 150 valence electrons. The highest BCUT2D eigenvalue weighted by atomic mass is 32.2. The Bertz CT molecular complexity index is 970. The van der Waals surface area contributed by atoms with E-state index in [4.69, 9.17) is 10.00 Å². The number of nitriles is 1. The van der Waals surface area contributed by atoms with Crippen LogP contribution >= 0.6 is 11.8 Å². The summed E-state index contributed by atoms with van der Waals surface area (Å²) >= 11 is 1.54. The quantitative estimate of drug-likeness (QED) is 0.808. The van der Waals surface area contributed by atoms with Gasteiger partial charge in [0.2, 0.25) is 5.91 Å². The molecule has 0 bridgehead atoms. The Hall–Kier alpha value is -2.83. The summed E-state index contributed by atoms with van der Waals surface area (Å²) in [5.41, 5.74) is 2.22. The molecule has 2 saturated heterocycles. The molecule has 4 rings (SSSR count). The van der Waals surface area contributed by atoms with E-state index in [-0.39, 0.29) is 18.4 Å². The van der Waals surface area contributed by atoms with Crippen LogP contribution in [0.3, 0.4) is 0 Å². The Kier molecular flexibility index (Phi) is 5.83. The molecule has 8 nitrogen and oxygen atoms in total. The summed E-state index contributed by atoms with van der Waals surface area (Å²) in [6.45, 7) is 2.83. The Balaban J connectivity index is 1.51. The maximum atomic E-state index is 12.8. The second-order valence-corrected chi connectivity index (χ2v) is 7.85.